The average Bonchev–Trinajstić information content (AvgIpc) is 2.69. The molecule has 2 aromatic rings. The highest BCUT2D eigenvalue weighted by molar-refractivity contribution is 5.67. The van der Waals surface area contributed by atoms with Crippen LogP contribution in [0.5, 0.6) is 5.75 Å². The predicted octanol–water partition coefficient (Wildman–Crippen LogP) is 3.33. The van der Waals surface area contributed by atoms with Gasteiger partial charge in [0.2, 0.25) is 0 Å². The summed E-state index contributed by atoms with van der Waals surface area (Å²) in [5, 5.41) is 0. The van der Waals surface area contributed by atoms with Gasteiger partial charge in [-0.2, -0.15) is 0 Å². The number of benzene rings is 2. The maximum Gasteiger partial charge on any atom is 0.410 e. The first-order valence-electron chi connectivity index (χ1n) is 9.09. The van der Waals surface area contributed by atoms with Crippen molar-refractivity contribution in [2.75, 3.05) is 39.3 Å². The van der Waals surface area contributed by atoms with Crippen molar-refractivity contribution in [2.24, 2.45) is 0 Å². The molecule has 138 valence electrons. The molecule has 5 nitrogen and oxygen atoms in total. The normalized spacial score (nSPS) is 14.9. The highest BCUT2D eigenvalue weighted by Gasteiger charge is 2.22. The molecule has 5 heteroatoms. The molecule has 2 aromatic carbocycles. The number of aryl methyl sites for hydroxylation is 1. The smallest absolute Gasteiger partial charge is 0.410 e. The molecule has 0 spiro atoms. The quantitative estimate of drug-likeness (QED) is 0.798. The third kappa shape index (κ3) is 5.23. The minimum Gasteiger partial charge on any atom is -0.492 e. The van der Waals surface area contributed by atoms with E-state index in [1.807, 2.05) is 48.5 Å². The van der Waals surface area contributed by atoms with Gasteiger partial charge in [-0.15, -0.1) is 0 Å². The number of hydrogen-bond acceptors (Lipinski definition) is 4. The van der Waals surface area contributed by atoms with Gasteiger partial charge in [0.15, 0.2) is 0 Å². The molecule has 3 rings (SSSR count). The summed E-state index contributed by atoms with van der Waals surface area (Å²) in [6.45, 7) is 6.97. The lowest BCUT2D eigenvalue weighted by Gasteiger charge is -2.34. The molecule has 1 amide bonds. The van der Waals surface area contributed by atoms with E-state index in [4.69, 9.17) is 9.47 Å². The molecule has 0 aromatic heterocycles. The average molecular weight is 354 g/mol. The van der Waals surface area contributed by atoms with E-state index in [2.05, 4.69) is 17.9 Å². The first-order valence-corrected chi connectivity index (χ1v) is 9.09. The van der Waals surface area contributed by atoms with Crippen LogP contribution in [0.1, 0.15) is 11.1 Å². The van der Waals surface area contributed by atoms with Crippen molar-refractivity contribution in [3.63, 3.8) is 0 Å². The van der Waals surface area contributed by atoms with E-state index in [0.29, 0.717) is 26.3 Å². The Bertz CT molecular complexity index is 697. The topological polar surface area (TPSA) is 42.0 Å². The second-order valence-corrected chi connectivity index (χ2v) is 6.48. The SMILES string of the molecule is Cc1ccccc1OCCN1CCN(C(=O)OCc2ccccc2)CC1. The molecule has 1 heterocycles. The number of hydrogen-bond donors (Lipinski definition) is 0. The van der Waals surface area contributed by atoms with Crippen LogP contribution in [0.2, 0.25) is 0 Å². The largest absolute Gasteiger partial charge is 0.492 e. The first kappa shape index (κ1) is 18.3. The Morgan fingerprint density at radius 3 is 2.38 bits per heavy atom. The summed E-state index contributed by atoms with van der Waals surface area (Å²) >= 11 is 0. The molecule has 0 bridgehead atoms. The summed E-state index contributed by atoms with van der Waals surface area (Å²) in [5.41, 5.74) is 2.16. The van der Waals surface area contributed by atoms with Crippen LogP contribution < -0.4 is 4.74 Å². The van der Waals surface area contributed by atoms with Crippen LogP contribution in [0.3, 0.4) is 0 Å². The van der Waals surface area contributed by atoms with Crippen LogP contribution in [0, 0.1) is 6.92 Å². The summed E-state index contributed by atoms with van der Waals surface area (Å²) in [6, 6.07) is 17.8. The number of carbonyl (C=O) groups excluding carboxylic acids is 1. The maximum atomic E-state index is 12.2. The van der Waals surface area contributed by atoms with Gasteiger partial charge in [0, 0.05) is 32.7 Å². The molecule has 0 radical (unpaired) electrons. The van der Waals surface area contributed by atoms with Crippen molar-refractivity contribution in [1.29, 1.82) is 0 Å². The van der Waals surface area contributed by atoms with Crippen molar-refractivity contribution in [1.82, 2.24) is 9.80 Å². The second kappa shape index (κ2) is 9.25. The fourth-order valence-corrected chi connectivity index (χ4v) is 2.97. The highest BCUT2D eigenvalue weighted by atomic mass is 16.6. The van der Waals surface area contributed by atoms with Gasteiger partial charge in [-0.25, -0.2) is 4.79 Å². The van der Waals surface area contributed by atoms with E-state index in [1.54, 1.807) is 4.90 Å². The minimum absolute atomic E-state index is 0.232. The molecule has 0 atom stereocenters. The number of ether oxygens (including phenoxy) is 2. The lowest BCUT2D eigenvalue weighted by atomic mass is 10.2. The summed E-state index contributed by atoms with van der Waals surface area (Å²) in [4.78, 5) is 16.3. The summed E-state index contributed by atoms with van der Waals surface area (Å²) < 4.78 is 11.3. The van der Waals surface area contributed by atoms with Crippen molar-refractivity contribution in [3.05, 3.63) is 65.7 Å². The molecule has 26 heavy (non-hydrogen) atoms. The zero-order valence-corrected chi connectivity index (χ0v) is 15.3. The number of para-hydroxylation sites is 1. The van der Waals surface area contributed by atoms with Gasteiger partial charge in [-0.1, -0.05) is 48.5 Å². The van der Waals surface area contributed by atoms with Crippen molar-refractivity contribution in [3.8, 4) is 5.75 Å². The van der Waals surface area contributed by atoms with Crippen LogP contribution in [-0.2, 0) is 11.3 Å². The third-order valence-corrected chi connectivity index (χ3v) is 4.59. The predicted molar refractivity (Wildman–Crippen MR) is 101 cm³/mol. The molecular weight excluding hydrogens is 328 g/mol. The van der Waals surface area contributed by atoms with Gasteiger partial charge in [0.25, 0.3) is 0 Å². The van der Waals surface area contributed by atoms with Crippen LogP contribution in [0.15, 0.2) is 54.6 Å². The van der Waals surface area contributed by atoms with Gasteiger partial charge >= 0.3 is 6.09 Å². The summed E-state index contributed by atoms with van der Waals surface area (Å²) in [6.07, 6.45) is -0.232. The van der Waals surface area contributed by atoms with Crippen LogP contribution in [0.25, 0.3) is 0 Å². The Labute approximate surface area is 155 Å². The second-order valence-electron chi connectivity index (χ2n) is 6.48. The molecule has 0 aliphatic carbocycles. The van der Waals surface area contributed by atoms with E-state index in [0.717, 1.165) is 36.5 Å². The fraction of sp³-hybridized carbons (Fsp3) is 0.381. The molecule has 0 N–H and O–H groups in total. The molecule has 1 saturated heterocycles. The lowest BCUT2D eigenvalue weighted by Crippen LogP contribution is -2.49. The van der Waals surface area contributed by atoms with Gasteiger partial charge < -0.3 is 14.4 Å². The summed E-state index contributed by atoms with van der Waals surface area (Å²) in [5.74, 6) is 0.940. The van der Waals surface area contributed by atoms with Gasteiger partial charge in [-0.05, 0) is 24.1 Å². The molecule has 0 saturated carbocycles. The zero-order chi connectivity index (χ0) is 18.2. The van der Waals surface area contributed by atoms with E-state index in [1.165, 1.54) is 0 Å². The van der Waals surface area contributed by atoms with Gasteiger partial charge in [-0.3, -0.25) is 4.90 Å². The molecule has 0 unspecified atom stereocenters. The van der Waals surface area contributed by atoms with E-state index >= 15 is 0 Å². The van der Waals surface area contributed by atoms with E-state index in [-0.39, 0.29) is 6.09 Å². The Hall–Kier alpha value is -2.53. The zero-order valence-electron chi connectivity index (χ0n) is 15.3. The third-order valence-electron chi connectivity index (χ3n) is 4.59. The maximum absolute atomic E-state index is 12.2. The molecule has 1 aliphatic rings. The standard InChI is InChI=1S/C21H26N2O3/c1-18-7-5-6-10-20(18)25-16-15-22-11-13-23(14-12-22)21(24)26-17-19-8-3-2-4-9-19/h2-10H,11-17H2,1H3. The number of rotatable bonds is 6. The Balaban J connectivity index is 1.34. The fourth-order valence-electron chi connectivity index (χ4n) is 2.97. The lowest BCUT2D eigenvalue weighted by molar-refractivity contribution is 0.0683. The van der Waals surface area contributed by atoms with E-state index < -0.39 is 0 Å². The van der Waals surface area contributed by atoms with Crippen LogP contribution in [0.4, 0.5) is 4.79 Å². The Morgan fingerprint density at radius 2 is 1.65 bits per heavy atom. The van der Waals surface area contributed by atoms with Crippen molar-refractivity contribution in [2.45, 2.75) is 13.5 Å². The van der Waals surface area contributed by atoms with Crippen LogP contribution in [-0.4, -0.2) is 55.2 Å². The monoisotopic (exact) mass is 354 g/mol. The molecule has 1 aliphatic heterocycles. The first-order chi connectivity index (χ1) is 12.7. The van der Waals surface area contributed by atoms with Crippen molar-refractivity contribution < 1.29 is 14.3 Å². The van der Waals surface area contributed by atoms with Gasteiger partial charge in [0.05, 0.1) is 0 Å². The Kier molecular flexibility index (Phi) is 6.50. The molecular formula is C21H26N2O3. The number of amides is 1. The number of piperazine rings is 1. The number of nitrogens with zero attached hydrogens (tertiary/aromatic N) is 2. The summed E-state index contributed by atoms with van der Waals surface area (Å²) in [7, 11) is 0. The van der Waals surface area contributed by atoms with Gasteiger partial charge in [0.1, 0.15) is 19.0 Å². The number of carbonyl (C=O) groups is 1. The van der Waals surface area contributed by atoms with Crippen molar-refractivity contribution >= 4 is 6.09 Å². The van der Waals surface area contributed by atoms with Crippen LogP contribution >= 0.6 is 0 Å². The Morgan fingerprint density at radius 1 is 0.962 bits per heavy atom. The highest BCUT2D eigenvalue weighted by Crippen LogP contribution is 2.16. The van der Waals surface area contributed by atoms with E-state index in [9.17, 15) is 4.79 Å². The molecule has 1 fully saturated rings. The minimum atomic E-state index is -0.232.